The van der Waals surface area contributed by atoms with Crippen LogP contribution >= 0.6 is 11.6 Å². The van der Waals surface area contributed by atoms with E-state index in [4.69, 9.17) is 11.6 Å². The molecule has 5 heteroatoms. The Morgan fingerprint density at radius 1 is 1.06 bits per heavy atom. The minimum atomic E-state index is -1.53. The van der Waals surface area contributed by atoms with E-state index in [2.05, 4.69) is 4.98 Å². The summed E-state index contributed by atoms with van der Waals surface area (Å²) in [7, 11) is -1.53. The minimum absolute atomic E-state index is 0.379. The lowest BCUT2D eigenvalue weighted by atomic mass is 9.77. The fourth-order valence-corrected chi connectivity index (χ4v) is 1.60. The Morgan fingerprint density at radius 3 is 2.38 bits per heavy atom. The molecule has 1 aromatic heterocycles. The molecular formula is C11H9BClNO2. The SMILES string of the molecule is OB(O)c1cccnc1-c1ccc(Cl)cc1. The number of hydrogen-bond donors (Lipinski definition) is 2. The Balaban J connectivity index is 2.51. The molecule has 0 aliphatic carbocycles. The highest BCUT2D eigenvalue weighted by Crippen LogP contribution is 2.18. The summed E-state index contributed by atoms with van der Waals surface area (Å²) in [5.41, 5.74) is 1.73. The van der Waals surface area contributed by atoms with Crippen molar-refractivity contribution in [2.45, 2.75) is 0 Å². The van der Waals surface area contributed by atoms with Gasteiger partial charge in [0.2, 0.25) is 0 Å². The molecule has 0 atom stereocenters. The lowest BCUT2D eigenvalue weighted by molar-refractivity contribution is 0.426. The molecule has 0 bridgehead atoms. The number of hydrogen-bond acceptors (Lipinski definition) is 3. The van der Waals surface area contributed by atoms with Crippen LogP contribution in [0.5, 0.6) is 0 Å². The summed E-state index contributed by atoms with van der Waals surface area (Å²) >= 11 is 5.78. The van der Waals surface area contributed by atoms with Gasteiger partial charge >= 0.3 is 7.12 Å². The largest absolute Gasteiger partial charge is 0.490 e. The molecule has 0 saturated carbocycles. The van der Waals surface area contributed by atoms with Gasteiger partial charge in [-0.05, 0) is 23.8 Å². The number of aromatic nitrogens is 1. The summed E-state index contributed by atoms with van der Waals surface area (Å²) in [6, 6.07) is 10.3. The summed E-state index contributed by atoms with van der Waals surface area (Å²) in [5, 5.41) is 19.1. The van der Waals surface area contributed by atoms with Crippen LogP contribution in [0.4, 0.5) is 0 Å². The minimum Gasteiger partial charge on any atom is -0.423 e. The molecule has 0 aliphatic heterocycles. The van der Waals surface area contributed by atoms with E-state index < -0.39 is 7.12 Å². The third-order valence-corrected chi connectivity index (χ3v) is 2.49. The van der Waals surface area contributed by atoms with Crippen molar-refractivity contribution in [3.63, 3.8) is 0 Å². The van der Waals surface area contributed by atoms with Gasteiger partial charge in [-0.1, -0.05) is 29.8 Å². The quantitative estimate of drug-likeness (QED) is 0.763. The lowest BCUT2D eigenvalue weighted by Gasteiger charge is -2.07. The van der Waals surface area contributed by atoms with Crippen molar-refractivity contribution in [3.8, 4) is 11.3 Å². The van der Waals surface area contributed by atoms with Crippen LogP contribution in [0, 0.1) is 0 Å². The van der Waals surface area contributed by atoms with Gasteiger partial charge in [0.1, 0.15) is 0 Å². The first kappa shape index (κ1) is 11.1. The van der Waals surface area contributed by atoms with Crippen LogP contribution in [0.2, 0.25) is 5.02 Å². The van der Waals surface area contributed by atoms with E-state index in [9.17, 15) is 10.0 Å². The molecule has 3 nitrogen and oxygen atoms in total. The Hall–Kier alpha value is -1.36. The van der Waals surface area contributed by atoms with Gasteiger partial charge in [-0.15, -0.1) is 0 Å². The molecule has 0 saturated heterocycles. The van der Waals surface area contributed by atoms with Gasteiger partial charge in [0.25, 0.3) is 0 Å². The average molecular weight is 233 g/mol. The summed E-state index contributed by atoms with van der Waals surface area (Å²) in [5.74, 6) is 0. The highest BCUT2D eigenvalue weighted by Gasteiger charge is 2.17. The van der Waals surface area contributed by atoms with Crippen molar-refractivity contribution in [1.82, 2.24) is 4.98 Å². The smallest absolute Gasteiger partial charge is 0.423 e. The maximum Gasteiger partial charge on any atom is 0.490 e. The number of pyridine rings is 1. The van der Waals surface area contributed by atoms with Crippen LogP contribution in [-0.4, -0.2) is 22.2 Å². The zero-order valence-corrected chi connectivity index (χ0v) is 9.09. The first-order valence-corrected chi connectivity index (χ1v) is 5.13. The van der Waals surface area contributed by atoms with Gasteiger partial charge in [0.05, 0.1) is 5.69 Å². The van der Waals surface area contributed by atoms with Crippen molar-refractivity contribution in [2.75, 3.05) is 0 Å². The van der Waals surface area contributed by atoms with Gasteiger partial charge in [0.15, 0.2) is 0 Å². The van der Waals surface area contributed by atoms with Gasteiger partial charge in [-0.3, -0.25) is 4.98 Å². The van der Waals surface area contributed by atoms with Crippen LogP contribution < -0.4 is 5.46 Å². The molecular weight excluding hydrogens is 224 g/mol. The van der Waals surface area contributed by atoms with Crippen LogP contribution in [0.25, 0.3) is 11.3 Å². The highest BCUT2D eigenvalue weighted by atomic mass is 35.5. The first-order valence-electron chi connectivity index (χ1n) is 4.75. The van der Waals surface area contributed by atoms with Crippen LogP contribution in [0.1, 0.15) is 0 Å². The molecule has 16 heavy (non-hydrogen) atoms. The van der Waals surface area contributed by atoms with Gasteiger partial charge in [-0.2, -0.15) is 0 Å². The van der Waals surface area contributed by atoms with E-state index in [0.29, 0.717) is 16.2 Å². The fourth-order valence-electron chi connectivity index (χ4n) is 1.48. The predicted octanol–water partition coefficient (Wildman–Crippen LogP) is 1.08. The molecule has 0 amide bonds. The van der Waals surface area contributed by atoms with Crippen molar-refractivity contribution < 1.29 is 10.0 Å². The van der Waals surface area contributed by atoms with Crippen LogP contribution in [-0.2, 0) is 0 Å². The molecule has 2 N–H and O–H groups in total. The topological polar surface area (TPSA) is 53.4 Å². The predicted molar refractivity (Wildman–Crippen MR) is 64.5 cm³/mol. The second kappa shape index (κ2) is 4.66. The maximum absolute atomic E-state index is 9.21. The normalized spacial score (nSPS) is 10.2. The van der Waals surface area contributed by atoms with Crippen molar-refractivity contribution in [2.24, 2.45) is 0 Å². The first-order chi connectivity index (χ1) is 7.68. The Labute approximate surface area is 98.5 Å². The van der Waals surface area contributed by atoms with Crippen molar-refractivity contribution in [1.29, 1.82) is 0 Å². The summed E-state index contributed by atoms with van der Waals surface area (Å²) in [6.45, 7) is 0. The molecule has 1 aromatic carbocycles. The van der Waals surface area contributed by atoms with E-state index in [0.717, 1.165) is 5.56 Å². The third-order valence-electron chi connectivity index (χ3n) is 2.23. The molecule has 80 valence electrons. The van der Waals surface area contributed by atoms with E-state index in [-0.39, 0.29) is 0 Å². The van der Waals surface area contributed by atoms with Crippen molar-refractivity contribution in [3.05, 3.63) is 47.6 Å². The molecule has 1 heterocycles. The Kier molecular flexibility index (Phi) is 3.24. The van der Waals surface area contributed by atoms with Gasteiger partial charge in [-0.25, -0.2) is 0 Å². The van der Waals surface area contributed by atoms with Crippen LogP contribution in [0.15, 0.2) is 42.6 Å². The second-order valence-electron chi connectivity index (χ2n) is 3.32. The summed E-state index contributed by atoms with van der Waals surface area (Å²) in [4.78, 5) is 4.14. The Bertz CT molecular complexity index is 488. The highest BCUT2D eigenvalue weighted by molar-refractivity contribution is 6.60. The van der Waals surface area contributed by atoms with E-state index in [1.54, 1.807) is 42.6 Å². The third kappa shape index (κ3) is 2.24. The number of rotatable bonds is 2. The Morgan fingerprint density at radius 2 is 1.75 bits per heavy atom. The number of benzene rings is 1. The van der Waals surface area contributed by atoms with Gasteiger partial charge in [0, 0.05) is 16.7 Å². The standard InChI is InChI=1S/C11H9BClNO2/c13-9-5-3-8(4-6-9)11-10(12(15)16)2-1-7-14-11/h1-7,15-16H. The molecule has 0 fully saturated rings. The molecule has 0 radical (unpaired) electrons. The van der Waals surface area contributed by atoms with E-state index in [1.807, 2.05) is 0 Å². The monoisotopic (exact) mass is 233 g/mol. The fraction of sp³-hybridized carbons (Fsp3) is 0. The van der Waals surface area contributed by atoms with Crippen molar-refractivity contribution >= 4 is 24.2 Å². The lowest BCUT2D eigenvalue weighted by Crippen LogP contribution is -2.32. The van der Waals surface area contributed by atoms with Gasteiger partial charge < -0.3 is 10.0 Å². The number of nitrogens with zero attached hydrogens (tertiary/aromatic N) is 1. The van der Waals surface area contributed by atoms with Crippen LogP contribution in [0.3, 0.4) is 0 Å². The zero-order chi connectivity index (χ0) is 11.5. The van der Waals surface area contributed by atoms with E-state index >= 15 is 0 Å². The molecule has 0 unspecified atom stereocenters. The zero-order valence-electron chi connectivity index (χ0n) is 8.34. The number of halogens is 1. The molecule has 2 rings (SSSR count). The molecule has 2 aromatic rings. The second-order valence-corrected chi connectivity index (χ2v) is 3.76. The maximum atomic E-state index is 9.21. The average Bonchev–Trinajstić information content (AvgIpc) is 2.30. The molecule has 0 spiro atoms. The summed E-state index contributed by atoms with van der Waals surface area (Å²) < 4.78 is 0. The van der Waals surface area contributed by atoms with E-state index in [1.165, 1.54) is 0 Å². The summed E-state index contributed by atoms with van der Waals surface area (Å²) in [6.07, 6.45) is 1.61. The molecule has 0 aliphatic rings.